The summed E-state index contributed by atoms with van der Waals surface area (Å²) in [4.78, 5) is 4.30. The van der Waals surface area contributed by atoms with Crippen LogP contribution in [-0.2, 0) is 16.4 Å². The number of hydrogen-bond donors (Lipinski definition) is 2. The van der Waals surface area contributed by atoms with Gasteiger partial charge in [-0.3, -0.25) is 4.98 Å². The number of para-hydroxylation sites is 1. The van der Waals surface area contributed by atoms with Crippen molar-refractivity contribution in [3.63, 3.8) is 0 Å². The van der Waals surface area contributed by atoms with E-state index in [0.29, 0.717) is 11.9 Å². The van der Waals surface area contributed by atoms with Crippen molar-refractivity contribution in [1.29, 1.82) is 0 Å². The summed E-state index contributed by atoms with van der Waals surface area (Å²) in [5.74, 6) is 0. The number of nitrogens with zero attached hydrogens (tertiary/aromatic N) is 1. The van der Waals surface area contributed by atoms with Gasteiger partial charge >= 0.3 is 0 Å². The fraction of sp³-hybridized carbons (Fsp3) is 0.167. The summed E-state index contributed by atoms with van der Waals surface area (Å²) >= 11 is 0. The normalized spacial score (nSPS) is 13.0. The Labute approximate surface area is 141 Å². The second-order valence-electron chi connectivity index (χ2n) is 5.52. The highest BCUT2D eigenvalue weighted by molar-refractivity contribution is 7.89. The predicted molar refractivity (Wildman–Crippen MR) is 93.1 cm³/mol. The lowest BCUT2D eigenvalue weighted by Crippen LogP contribution is -2.39. The fourth-order valence-electron chi connectivity index (χ4n) is 2.62. The fourth-order valence-corrected chi connectivity index (χ4v) is 4.02. The second-order valence-corrected chi connectivity index (χ2v) is 7.20. The summed E-state index contributed by atoms with van der Waals surface area (Å²) < 4.78 is 28.1. The average Bonchev–Trinajstić information content (AvgIpc) is 2.61. The molecule has 5 nitrogen and oxygen atoms in total. The van der Waals surface area contributed by atoms with Crippen LogP contribution in [0.25, 0.3) is 10.9 Å². The molecule has 2 N–H and O–H groups in total. The maximum atomic E-state index is 12.7. The number of sulfonamides is 1. The Morgan fingerprint density at radius 2 is 1.75 bits per heavy atom. The van der Waals surface area contributed by atoms with E-state index >= 15 is 0 Å². The molecule has 2 aromatic carbocycles. The Hall–Kier alpha value is -2.28. The number of benzene rings is 2. The summed E-state index contributed by atoms with van der Waals surface area (Å²) in [7, 11) is -3.79. The molecule has 0 spiro atoms. The zero-order chi connectivity index (χ0) is 17.0. The maximum Gasteiger partial charge on any atom is 0.243 e. The molecule has 24 heavy (non-hydrogen) atoms. The molecule has 0 fully saturated rings. The minimum Gasteiger partial charge on any atom is -0.395 e. The molecule has 124 valence electrons. The highest BCUT2D eigenvalue weighted by Gasteiger charge is 2.22. The summed E-state index contributed by atoms with van der Waals surface area (Å²) in [6.45, 7) is -0.285. The minimum absolute atomic E-state index is 0.118. The van der Waals surface area contributed by atoms with Crippen molar-refractivity contribution in [2.24, 2.45) is 0 Å². The van der Waals surface area contributed by atoms with Gasteiger partial charge in [0.25, 0.3) is 0 Å². The minimum atomic E-state index is -3.79. The van der Waals surface area contributed by atoms with Crippen molar-refractivity contribution >= 4 is 20.9 Å². The first-order chi connectivity index (χ1) is 11.6. The molecule has 0 aliphatic rings. The molecule has 1 unspecified atom stereocenters. The van der Waals surface area contributed by atoms with E-state index in [1.165, 1.54) is 6.07 Å². The van der Waals surface area contributed by atoms with Crippen molar-refractivity contribution in [2.75, 3.05) is 6.61 Å². The molecule has 1 atom stereocenters. The molecule has 0 saturated heterocycles. The number of fused-ring (bicyclic) bond motifs is 1. The van der Waals surface area contributed by atoms with Crippen molar-refractivity contribution in [3.05, 3.63) is 72.4 Å². The summed E-state index contributed by atoms with van der Waals surface area (Å²) in [6, 6.07) is 17.5. The predicted octanol–water partition coefficient (Wildman–Crippen LogP) is 2.12. The summed E-state index contributed by atoms with van der Waals surface area (Å²) in [6.07, 6.45) is 1.98. The van der Waals surface area contributed by atoms with Crippen LogP contribution in [0, 0.1) is 0 Å². The maximum absolute atomic E-state index is 12.7. The van der Waals surface area contributed by atoms with Crippen LogP contribution in [-0.4, -0.2) is 31.2 Å². The van der Waals surface area contributed by atoms with Gasteiger partial charge in [-0.25, -0.2) is 13.1 Å². The molecule has 0 bridgehead atoms. The molecule has 3 rings (SSSR count). The largest absolute Gasteiger partial charge is 0.395 e. The lowest BCUT2D eigenvalue weighted by atomic mass is 10.1. The lowest BCUT2D eigenvalue weighted by Gasteiger charge is -2.17. The molecule has 0 saturated carbocycles. The number of aromatic nitrogens is 1. The molecular formula is C18H18N2O3S. The van der Waals surface area contributed by atoms with Crippen molar-refractivity contribution < 1.29 is 13.5 Å². The van der Waals surface area contributed by atoms with Crippen LogP contribution in [0.2, 0.25) is 0 Å². The third-order valence-electron chi connectivity index (χ3n) is 3.75. The monoisotopic (exact) mass is 342 g/mol. The Morgan fingerprint density at radius 1 is 1.00 bits per heavy atom. The zero-order valence-corrected chi connectivity index (χ0v) is 13.8. The van der Waals surface area contributed by atoms with Crippen LogP contribution in [0.5, 0.6) is 0 Å². The molecule has 1 heterocycles. The SMILES string of the molecule is O=S(=O)(NC(CO)Cc1ccccc1)c1cccc2cccnc12. The van der Waals surface area contributed by atoms with Gasteiger partial charge in [0.2, 0.25) is 10.0 Å². The number of aliphatic hydroxyl groups excluding tert-OH is 1. The van der Waals surface area contributed by atoms with E-state index in [0.717, 1.165) is 10.9 Å². The Morgan fingerprint density at radius 3 is 2.50 bits per heavy atom. The van der Waals surface area contributed by atoms with Gasteiger partial charge in [0.1, 0.15) is 4.90 Å². The number of aliphatic hydroxyl groups is 1. The van der Waals surface area contributed by atoms with E-state index in [1.807, 2.05) is 42.5 Å². The van der Waals surface area contributed by atoms with Gasteiger partial charge in [0.05, 0.1) is 12.1 Å². The highest BCUT2D eigenvalue weighted by Crippen LogP contribution is 2.21. The summed E-state index contributed by atoms with van der Waals surface area (Å²) in [5, 5.41) is 10.3. The van der Waals surface area contributed by atoms with E-state index in [1.54, 1.807) is 18.3 Å². The molecular weight excluding hydrogens is 324 g/mol. The molecule has 0 aliphatic heterocycles. The molecule has 0 aliphatic carbocycles. The van der Waals surface area contributed by atoms with Crippen LogP contribution >= 0.6 is 0 Å². The smallest absolute Gasteiger partial charge is 0.243 e. The number of pyridine rings is 1. The highest BCUT2D eigenvalue weighted by atomic mass is 32.2. The first-order valence-electron chi connectivity index (χ1n) is 7.61. The van der Waals surface area contributed by atoms with E-state index in [4.69, 9.17) is 0 Å². The van der Waals surface area contributed by atoms with Gasteiger partial charge in [-0.05, 0) is 24.1 Å². The van der Waals surface area contributed by atoms with Gasteiger partial charge < -0.3 is 5.11 Å². The standard InChI is InChI=1S/C18H18N2O3S/c21-13-16(12-14-6-2-1-3-7-14)20-24(22,23)17-10-4-8-15-9-5-11-19-18(15)17/h1-11,16,20-21H,12-13H2. The lowest BCUT2D eigenvalue weighted by molar-refractivity contribution is 0.256. The molecule has 6 heteroatoms. The van der Waals surface area contributed by atoms with Crippen LogP contribution < -0.4 is 4.72 Å². The van der Waals surface area contributed by atoms with Crippen LogP contribution in [0.15, 0.2) is 71.8 Å². The molecule has 1 aromatic heterocycles. The second kappa shape index (κ2) is 7.09. The van der Waals surface area contributed by atoms with Crippen LogP contribution in [0.3, 0.4) is 0 Å². The van der Waals surface area contributed by atoms with Crippen LogP contribution in [0.1, 0.15) is 5.56 Å². The van der Waals surface area contributed by atoms with Crippen molar-refractivity contribution in [1.82, 2.24) is 9.71 Å². The van der Waals surface area contributed by atoms with E-state index in [2.05, 4.69) is 9.71 Å². The van der Waals surface area contributed by atoms with Gasteiger partial charge in [-0.2, -0.15) is 0 Å². The van der Waals surface area contributed by atoms with Gasteiger partial charge in [-0.1, -0.05) is 48.5 Å². The quantitative estimate of drug-likeness (QED) is 0.719. The van der Waals surface area contributed by atoms with E-state index in [-0.39, 0.29) is 11.5 Å². The summed E-state index contributed by atoms with van der Waals surface area (Å²) in [5.41, 5.74) is 1.37. The molecule has 3 aromatic rings. The Balaban J connectivity index is 1.89. The van der Waals surface area contributed by atoms with E-state index < -0.39 is 16.1 Å². The van der Waals surface area contributed by atoms with Crippen LogP contribution in [0.4, 0.5) is 0 Å². The number of hydrogen-bond acceptors (Lipinski definition) is 4. The third kappa shape index (κ3) is 3.62. The number of nitrogens with one attached hydrogen (secondary N) is 1. The third-order valence-corrected chi connectivity index (χ3v) is 5.30. The van der Waals surface area contributed by atoms with Crippen molar-refractivity contribution in [3.8, 4) is 0 Å². The first-order valence-corrected chi connectivity index (χ1v) is 9.09. The molecule has 0 amide bonds. The topological polar surface area (TPSA) is 79.3 Å². The van der Waals surface area contributed by atoms with E-state index in [9.17, 15) is 13.5 Å². The zero-order valence-electron chi connectivity index (χ0n) is 13.0. The molecule has 0 radical (unpaired) electrons. The van der Waals surface area contributed by atoms with Gasteiger partial charge in [-0.15, -0.1) is 0 Å². The van der Waals surface area contributed by atoms with Crippen molar-refractivity contribution in [2.45, 2.75) is 17.4 Å². The first kappa shape index (κ1) is 16.6. The number of rotatable bonds is 6. The Kier molecular flexibility index (Phi) is 4.89. The average molecular weight is 342 g/mol. The Bertz CT molecular complexity index is 922. The van der Waals surface area contributed by atoms with Gasteiger partial charge in [0.15, 0.2) is 0 Å². The van der Waals surface area contributed by atoms with Gasteiger partial charge in [0, 0.05) is 17.6 Å².